The summed E-state index contributed by atoms with van der Waals surface area (Å²) in [5.74, 6) is 0.713. The highest BCUT2D eigenvalue weighted by Crippen LogP contribution is 2.18. The Morgan fingerprint density at radius 2 is 1.65 bits per heavy atom. The van der Waals surface area contributed by atoms with Crippen LogP contribution in [0.2, 0.25) is 0 Å². The maximum Gasteiger partial charge on any atom is 0.311 e. The number of carbonyl (C=O) groups is 1. The van der Waals surface area contributed by atoms with E-state index in [1.807, 2.05) is 31.2 Å². The Morgan fingerprint density at radius 3 is 2.22 bits per heavy atom. The number of nitro benzene ring substituents is 1. The average Bonchev–Trinajstić information content (AvgIpc) is 2.55. The van der Waals surface area contributed by atoms with Crippen molar-refractivity contribution in [2.75, 3.05) is 6.61 Å². The topological polar surface area (TPSA) is 78.7 Å². The summed E-state index contributed by atoms with van der Waals surface area (Å²) in [6, 6.07) is 13.0. The van der Waals surface area contributed by atoms with E-state index in [1.165, 1.54) is 24.3 Å². The van der Waals surface area contributed by atoms with Crippen molar-refractivity contribution in [2.24, 2.45) is 0 Å². The van der Waals surface area contributed by atoms with E-state index in [1.54, 1.807) is 0 Å². The molecule has 0 saturated carbocycles. The van der Waals surface area contributed by atoms with Crippen LogP contribution in [-0.2, 0) is 11.2 Å². The third-order valence-electron chi connectivity index (χ3n) is 3.13. The molecule has 0 aliphatic rings. The summed E-state index contributed by atoms with van der Waals surface area (Å²) in [6.07, 6.45) is 0.781. The molecule has 2 aromatic carbocycles. The molecule has 0 atom stereocenters. The van der Waals surface area contributed by atoms with Crippen LogP contribution >= 0.6 is 0 Å². The highest BCUT2D eigenvalue weighted by atomic mass is 16.6. The second kappa shape index (κ2) is 7.93. The van der Waals surface area contributed by atoms with Crippen LogP contribution in [0.15, 0.2) is 48.5 Å². The van der Waals surface area contributed by atoms with E-state index < -0.39 is 4.92 Å². The van der Waals surface area contributed by atoms with Crippen molar-refractivity contribution in [3.63, 3.8) is 0 Å². The van der Waals surface area contributed by atoms with Crippen LogP contribution in [0.1, 0.15) is 18.9 Å². The minimum atomic E-state index is -0.502. The summed E-state index contributed by atoms with van der Waals surface area (Å²) >= 11 is 0. The number of esters is 1. The SMILES string of the molecule is CCOc1ccc(CCC(=O)Oc2ccc([N+](=O)[O-])cc2)cc1. The van der Waals surface area contributed by atoms with Gasteiger partial charge in [-0.15, -0.1) is 0 Å². The molecule has 0 N–H and O–H groups in total. The van der Waals surface area contributed by atoms with Crippen LogP contribution in [0.4, 0.5) is 5.69 Å². The number of ether oxygens (including phenoxy) is 2. The maximum atomic E-state index is 11.8. The van der Waals surface area contributed by atoms with Gasteiger partial charge in [-0.25, -0.2) is 0 Å². The van der Waals surface area contributed by atoms with Gasteiger partial charge in [0, 0.05) is 18.6 Å². The molecular weight excluding hydrogens is 298 g/mol. The van der Waals surface area contributed by atoms with Gasteiger partial charge in [0.1, 0.15) is 11.5 Å². The van der Waals surface area contributed by atoms with Gasteiger partial charge in [-0.2, -0.15) is 0 Å². The zero-order valence-corrected chi connectivity index (χ0v) is 12.7. The first-order valence-corrected chi connectivity index (χ1v) is 7.25. The molecule has 0 spiro atoms. The van der Waals surface area contributed by atoms with E-state index in [0.717, 1.165) is 11.3 Å². The fourth-order valence-corrected chi connectivity index (χ4v) is 1.98. The van der Waals surface area contributed by atoms with E-state index in [2.05, 4.69) is 0 Å². The first-order chi connectivity index (χ1) is 11.1. The molecule has 23 heavy (non-hydrogen) atoms. The first-order valence-electron chi connectivity index (χ1n) is 7.25. The third kappa shape index (κ3) is 5.10. The monoisotopic (exact) mass is 315 g/mol. The fraction of sp³-hybridized carbons (Fsp3) is 0.235. The Balaban J connectivity index is 1.83. The Morgan fingerprint density at radius 1 is 1.04 bits per heavy atom. The number of nitro groups is 1. The lowest BCUT2D eigenvalue weighted by atomic mass is 10.1. The van der Waals surface area contributed by atoms with Crippen molar-refractivity contribution in [1.82, 2.24) is 0 Å². The molecule has 2 rings (SSSR count). The highest BCUT2D eigenvalue weighted by Gasteiger charge is 2.08. The van der Waals surface area contributed by atoms with Gasteiger partial charge in [0.15, 0.2) is 0 Å². The molecule has 0 saturated heterocycles. The highest BCUT2D eigenvalue weighted by molar-refractivity contribution is 5.72. The number of hydrogen-bond donors (Lipinski definition) is 0. The second-order valence-corrected chi connectivity index (χ2v) is 4.80. The molecule has 0 aromatic heterocycles. The molecule has 0 fully saturated rings. The van der Waals surface area contributed by atoms with Gasteiger partial charge in [-0.05, 0) is 43.2 Å². The molecule has 0 bridgehead atoms. The third-order valence-corrected chi connectivity index (χ3v) is 3.13. The second-order valence-electron chi connectivity index (χ2n) is 4.80. The maximum absolute atomic E-state index is 11.8. The van der Waals surface area contributed by atoms with Crippen molar-refractivity contribution in [1.29, 1.82) is 0 Å². The number of rotatable bonds is 7. The lowest BCUT2D eigenvalue weighted by Crippen LogP contribution is -2.09. The number of nitrogens with zero attached hydrogens (tertiary/aromatic N) is 1. The summed E-state index contributed by atoms with van der Waals surface area (Å²) in [4.78, 5) is 21.8. The van der Waals surface area contributed by atoms with Crippen LogP contribution in [0.3, 0.4) is 0 Å². The van der Waals surface area contributed by atoms with E-state index in [4.69, 9.17) is 9.47 Å². The van der Waals surface area contributed by atoms with Gasteiger partial charge in [-0.1, -0.05) is 12.1 Å². The minimum Gasteiger partial charge on any atom is -0.494 e. The van der Waals surface area contributed by atoms with E-state index in [9.17, 15) is 14.9 Å². The summed E-state index contributed by atoms with van der Waals surface area (Å²) in [7, 11) is 0. The number of non-ortho nitro benzene ring substituents is 1. The summed E-state index contributed by atoms with van der Waals surface area (Å²) in [5, 5.41) is 10.5. The Labute approximate surface area is 133 Å². The van der Waals surface area contributed by atoms with Gasteiger partial charge in [0.05, 0.1) is 11.5 Å². The van der Waals surface area contributed by atoms with Crippen LogP contribution in [0, 0.1) is 10.1 Å². The largest absolute Gasteiger partial charge is 0.494 e. The molecule has 0 radical (unpaired) electrons. The molecule has 6 heteroatoms. The summed E-state index contributed by atoms with van der Waals surface area (Å²) in [6.45, 7) is 2.53. The van der Waals surface area contributed by atoms with Crippen molar-refractivity contribution in [2.45, 2.75) is 19.8 Å². The van der Waals surface area contributed by atoms with Gasteiger partial charge in [0.25, 0.3) is 5.69 Å². The van der Waals surface area contributed by atoms with Gasteiger partial charge < -0.3 is 9.47 Å². The van der Waals surface area contributed by atoms with Crippen LogP contribution in [-0.4, -0.2) is 17.5 Å². The number of hydrogen-bond acceptors (Lipinski definition) is 5. The Bertz CT molecular complexity index is 664. The predicted octanol–water partition coefficient (Wildman–Crippen LogP) is 3.53. The molecule has 0 amide bonds. The van der Waals surface area contributed by atoms with Gasteiger partial charge in [0.2, 0.25) is 0 Å². The molecule has 0 aliphatic heterocycles. The van der Waals surface area contributed by atoms with E-state index in [0.29, 0.717) is 18.8 Å². The standard InChI is InChI=1S/C17H17NO5/c1-2-22-15-8-3-13(4-9-15)5-12-17(19)23-16-10-6-14(7-11-16)18(20)21/h3-4,6-11H,2,5,12H2,1H3. The van der Waals surface area contributed by atoms with Crippen molar-refractivity contribution >= 4 is 11.7 Å². The first kappa shape index (κ1) is 16.5. The van der Waals surface area contributed by atoms with Crippen molar-refractivity contribution in [3.8, 4) is 11.5 Å². The van der Waals surface area contributed by atoms with Crippen molar-refractivity contribution in [3.05, 3.63) is 64.2 Å². The number of carbonyl (C=O) groups excluding carboxylic acids is 1. The van der Waals surface area contributed by atoms with E-state index >= 15 is 0 Å². The predicted molar refractivity (Wildman–Crippen MR) is 84.7 cm³/mol. The van der Waals surface area contributed by atoms with Crippen LogP contribution in [0.5, 0.6) is 11.5 Å². The molecule has 6 nitrogen and oxygen atoms in total. The lowest BCUT2D eigenvalue weighted by Gasteiger charge is -2.06. The fourth-order valence-electron chi connectivity index (χ4n) is 1.98. The van der Waals surface area contributed by atoms with Gasteiger partial charge >= 0.3 is 5.97 Å². The van der Waals surface area contributed by atoms with Gasteiger partial charge in [-0.3, -0.25) is 14.9 Å². The molecule has 2 aromatic rings. The molecule has 0 heterocycles. The molecule has 0 aliphatic carbocycles. The lowest BCUT2D eigenvalue weighted by molar-refractivity contribution is -0.384. The number of benzene rings is 2. The van der Waals surface area contributed by atoms with Crippen LogP contribution < -0.4 is 9.47 Å². The minimum absolute atomic E-state index is 0.0424. The Kier molecular flexibility index (Phi) is 5.68. The molecular formula is C17H17NO5. The molecule has 120 valence electrons. The normalized spacial score (nSPS) is 10.1. The van der Waals surface area contributed by atoms with Crippen LogP contribution in [0.25, 0.3) is 0 Å². The summed E-state index contributed by atoms with van der Waals surface area (Å²) < 4.78 is 10.5. The number of aryl methyl sites for hydroxylation is 1. The zero-order chi connectivity index (χ0) is 16.7. The van der Waals surface area contributed by atoms with Crippen molar-refractivity contribution < 1.29 is 19.2 Å². The average molecular weight is 315 g/mol. The summed E-state index contributed by atoms with van der Waals surface area (Å²) in [5.41, 5.74) is 0.966. The quantitative estimate of drug-likeness (QED) is 0.338. The molecule has 0 unspecified atom stereocenters. The smallest absolute Gasteiger partial charge is 0.311 e. The Hall–Kier alpha value is -2.89. The zero-order valence-electron chi connectivity index (χ0n) is 12.7. The van der Waals surface area contributed by atoms with E-state index in [-0.39, 0.29) is 18.1 Å².